The van der Waals surface area contributed by atoms with E-state index in [2.05, 4.69) is 0 Å². The first kappa shape index (κ1) is 18.9. The molecule has 2 aliphatic rings. The van der Waals surface area contributed by atoms with E-state index in [9.17, 15) is 13.2 Å². The Morgan fingerprint density at radius 2 is 1.81 bits per heavy atom. The molecule has 144 valence electrons. The lowest BCUT2D eigenvalue weighted by Crippen LogP contribution is -2.50. The Balaban J connectivity index is 1.46. The minimum atomic E-state index is -3.59. The Hall–Kier alpha value is -1.41. The summed E-state index contributed by atoms with van der Waals surface area (Å²) in [5.74, 6) is 0.0363. The molecule has 1 aromatic heterocycles. The number of aryl methyl sites for hydroxylation is 1. The summed E-state index contributed by atoms with van der Waals surface area (Å²) in [6.07, 6.45) is 4.37. The van der Waals surface area contributed by atoms with E-state index >= 15 is 0 Å². The lowest BCUT2D eigenvalue weighted by Gasteiger charge is -2.34. The Bertz CT molecular complexity index is 963. The lowest BCUT2D eigenvalue weighted by molar-refractivity contribution is 0.0697. The largest absolute Gasteiger partial charge is 0.336 e. The van der Waals surface area contributed by atoms with Crippen molar-refractivity contribution in [2.75, 3.05) is 26.2 Å². The zero-order valence-electron chi connectivity index (χ0n) is 14.9. The predicted molar refractivity (Wildman–Crippen MR) is 107 cm³/mol. The van der Waals surface area contributed by atoms with Crippen LogP contribution in [0.1, 0.15) is 33.6 Å². The maximum atomic E-state index is 13.0. The first-order chi connectivity index (χ1) is 13.0. The van der Waals surface area contributed by atoms with Gasteiger partial charge in [-0.05, 0) is 49.4 Å². The topological polar surface area (TPSA) is 57.7 Å². The number of hydrogen-bond donors (Lipinski definition) is 0. The zero-order valence-corrected chi connectivity index (χ0v) is 17.2. The van der Waals surface area contributed by atoms with E-state index in [1.807, 2.05) is 5.38 Å². The van der Waals surface area contributed by atoms with Crippen LogP contribution in [0.25, 0.3) is 0 Å². The highest BCUT2D eigenvalue weighted by molar-refractivity contribution is 7.89. The second-order valence-electron chi connectivity index (χ2n) is 6.91. The number of thiophene rings is 1. The third-order valence-corrected chi connectivity index (χ3v) is 8.47. The van der Waals surface area contributed by atoms with Crippen molar-refractivity contribution in [2.24, 2.45) is 0 Å². The normalized spacial score (nSPS) is 18.3. The minimum absolute atomic E-state index is 0.0363. The quantitative estimate of drug-likeness (QED) is 0.758. The van der Waals surface area contributed by atoms with Crippen molar-refractivity contribution < 1.29 is 13.2 Å². The van der Waals surface area contributed by atoms with Crippen LogP contribution in [-0.4, -0.2) is 49.7 Å². The minimum Gasteiger partial charge on any atom is -0.336 e. The van der Waals surface area contributed by atoms with Gasteiger partial charge >= 0.3 is 0 Å². The van der Waals surface area contributed by atoms with Gasteiger partial charge in [0.05, 0.1) is 10.5 Å². The molecule has 0 radical (unpaired) electrons. The van der Waals surface area contributed by atoms with E-state index in [1.54, 1.807) is 34.4 Å². The number of carbonyl (C=O) groups is 1. The predicted octanol–water partition coefficient (Wildman–Crippen LogP) is 3.43. The molecule has 0 N–H and O–H groups in total. The maximum Gasteiger partial charge on any atom is 0.255 e. The zero-order chi connectivity index (χ0) is 19.0. The summed E-state index contributed by atoms with van der Waals surface area (Å²) >= 11 is 7.62. The van der Waals surface area contributed by atoms with Gasteiger partial charge in [0.25, 0.3) is 5.91 Å². The van der Waals surface area contributed by atoms with Gasteiger partial charge in [-0.15, -0.1) is 11.3 Å². The monoisotopic (exact) mass is 424 g/mol. The van der Waals surface area contributed by atoms with Crippen LogP contribution in [0, 0.1) is 0 Å². The molecule has 1 fully saturated rings. The number of benzene rings is 1. The average molecular weight is 425 g/mol. The fourth-order valence-electron chi connectivity index (χ4n) is 3.75. The molecule has 1 aliphatic carbocycles. The molecule has 0 bridgehead atoms. The number of amides is 1. The summed E-state index contributed by atoms with van der Waals surface area (Å²) in [6.45, 7) is 1.41. The van der Waals surface area contributed by atoms with Crippen LogP contribution >= 0.6 is 22.9 Å². The maximum absolute atomic E-state index is 13.0. The molecular weight excluding hydrogens is 404 g/mol. The molecule has 4 rings (SSSR count). The van der Waals surface area contributed by atoms with Crippen LogP contribution in [0.2, 0.25) is 5.02 Å². The fourth-order valence-corrected chi connectivity index (χ4v) is 6.59. The van der Waals surface area contributed by atoms with E-state index in [4.69, 9.17) is 11.6 Å². The first-order valence-electron chi connectivity index (χ1n) is 9.11. The van der Waals surface area contributed by atoms with E-state index in [0.29, 0.717) is 31.2 Å². The molecule has 2 heterocycles. The summed E-state index contributed by atoms with van der Waals surface area (Å²) in [4.78, 5) is 16.3. The standard InChI is InChI=1S/C19H21ClN2O3S2/c20-14-4-3-5-15(12-14)27(24,25)22-10-8-21(9-11-22)19(23)17-13-26-18-7-2-1-6-16(17)18/h3-5,12-13H,1-2,6-11H2. The number of piperazine rings is 1. The Labute approximate surface area is 168 Å². The molecule has 8 heteroatoms. The lowest BCUT2D eigenvalue weighted by atomic mass is 9.95. The van der Waals surface area contributed by atoms with E-state index in [0.717, 1.165) is 24.8 Å². The van der Waals surface area contributed by atoms with Crippen LogP contribution in [-0.2, 0) is 22.9 Å². The summed E-state index contributed by atoms with van der Waals surface area (Å²) < 4.78 is 27.0. The van der Waals surface area contributed by atoms with Crippen molar-refractivity contribution in [2.45, 2.75) is 30.6 Å². The number of carbonyl (C=O) groups excluding carboxylic acids is 1. The number of halogens is 1. The van der Waals surface area contributed by atoms with Gasteiger partial charge in [-0.1, -0.05) is 17.7 Å². The molecule has 2 aromatic rings. The number of sulfonamides is 1. The molecule has 0 unspecified atom stereocenters. The van der Waals surface area contributed by atoms with Crippen LogP contribution in [0.4, 0.5) is 0 Å². The SMILES string of the molecule is O=C(c1csc2c1CCCC2)N1CCN(S(=O)(=O)c2cccc(Cl)c2)CC1. The van der Waals surface area contributed by atoms with Gasteiger partial charge in [0.2, 0.25) is 10.0 Å². The van der Waals surface area contributed by atoms with Crippen LogP contribution in [0.3, 0.4) is 0 Å². The first-order valence-corrected chi connectivity index (χ1v) is 11.8. The third kappa shape index (κ3) is 3.66. The van der Waals surface area contributed by atoms with Crippen LogP contribution in [0.5, 0.6) is 0 Å². The van der Waals surface area contributed by atoms with E-state index in [1.165, 1.54) is 27.2 Å². The summed E-state index contributed by atoms with van der Waals surface area (Å²) in [7, 11) is -3.59. The fraction of sp³-hybridized carbons (Fsp3) is 0.421. The highest BCUT2D eigenvalue weighted by atomic mass is 35.5. The molecule has 1 saturated heterocycles. The van der Waals surface area contributed by atoms with Crippen molar-refractivity contribution in [1.82, 2.24) is 9.21 Å². The average Bonchev–Trinajstić information content (AvgIpc) is 3.12. The summed E-state index contributed by atoms with van der Waals surface area (Å²) in [6, 6.07) is 6.30. The van der Waals surface area contributed by atoms with Gasteiger partial charge in [0.1, 0.15) is 0 Å². The number of rotatable bonds is 3. The molecule has 5 nitrogen and oxygen atoms in total. The molecule has 0 atom stereocenters. The van der Waals surface area contributed by atoms with Crippen molar-refractivity contribution >= 4 is 38.9 Å². The van der Waals surface area contributed by atoms with Gasteiger partial charge in [0, 0.05) is 41.5 Å². The Morgan fingerprint density at radius 1 is 1.07 bits per heavy atom. The third-order valence-electron chi connectivity index (χ3n) is 5.25. The highest BCUT2D eigenvalue weighted by Crippen LogP contribution is 2.31. The molecule has 27 heavy (non-hydrogen) atoms. The molecule has 1 aliphatic heterocycles. The van der Waals surface area contributed by atoms with Crippen molar-refractivity contribution in [1.29, 1.82) is 0 Å². The molecular formula is C19H21ClN2O3S2. The molecule has 0 spiro atoms. The summed E-state index contributed by atoms with van der Waals surface area (Å²) in [5, 5.41) is 2.38. The van der Waals surface area contributed by atoms with Gasteiger partial charge in [-0.25, -0.2) is 8.42 Å². The van der Waals surface area contributed by atoms with Crippen molar-refractivity contribution in [3.05, 3.63) is 50.7 Å². The molecule has 1 aromatic carbocycles. The van der Waals surface area contributed by atoms with Gasteiger partial charge < -0.3 is 4.90 Å². The van der Waals surface area contributed by atoms with E-state index < -0.39 is 10.0 Å². The van der Waals surface area contributed by atoms with Crippen LogP contribution in [0.15, 0.2) is 34.5 Å². The second kappa shape index (κ2) is 7.54. The Kier molecular flexibility index (Phi) is 5.29. The van der Waals surface area contributed by atoms with E-state index in [-0.39, 0.29) is 10.8 Å². The number of fused-ring (bicyclic) bond motifs is 1. The Morgan fingerprint density at radius 3 is 2.56 bits per heavy atom. The molecule has 1 amide bonds. The number of hydrogen-bond acceptors (Lipinski definition) is 4. The van der Waals surface area contributed by atoms with Gasteiger partial charge in [0.15, 0.2) is 0 Å². The van der Waals surface area contributed by atoms with Gasteiger partial charge in [-0.2, -0.15) is 4.31 Å². The number of nitrogens with zero attached hydrogens (tertiary/aromatic N) is 2. The smallest absolute Gasteiger partial charge is 0.255 e. The van der Waals surface area contributed by atoms with Gasteiger partial charge in [-0.3, -0.25) is 4.79 Å². The summed E-state index contributed by atoms with van der Waals surface area (Å²) in [5.41, 5.74) is 2.03. The highest BCUT2D eigenvalue weighted by Gasteiger charge is 2.32. The second-order valence-corrected chi connectivity index (χ2v) is 10.3. The molecule has 0 saturated carbocycles. The van der Waals surface area contributed by atoms with Crippen molar-refractivity contribution in [3.8, 4) is 0 Å². The van der Waals surface area contributed by atoms with Crippen molar-refractivity contribution in [3.63, 3.8) is 0 Å². The van der Waals surface area contributed by atoms with Crippen LogP contribution < -0.4 is 0 Å².